The standard InChI is InChI=1S/2C10H9ClN2.3C10H10N2.3C9H7ClN2.C9H7FN2/c1-6-8-4-3-5-9(11)10(8)13-7(2)12-6;1-6-4-3-5-8-7(2)12-10(11)13-9(6)8;1-7-3-4-9-8(2)11-6-12-10(9)5-7;1-7-4-3-5-9-8(2)11-6-12-10(7)9;1-7-9-5-3-4-6-10(9)12-8(2)11-7;1-6-8-3-2-7(10)4-9(8)12-5-11-6;1-6-7-3-2-4-8(10)9(7)12-5-11-6;1-6-7-4-2-3-5-8(7)12-9(10)11-6;1-6-7-3-2-4-8(10)9(7)12-5-11-6/h2*3-5H,1-2H3;3*3-6H,1-2H3;4*2-5H,1H3. The van der Waals surface area contributed by atoms with Gasteiger partial charge in [-0.05, 0) is 191 Å². The summed E-state index contributed by atoms with van der Waals surface area (Å²) >= 11 is 29.2. The zero-order valence-corrected chi connectivity index (χ0v) is 66.7. The lowest BCUT2D eigenvalue weighted by molar-refractivity contribution is 0.636. The molecular formula is C86H76Cl5FN18. The molecule has 0 fully saturated rings. The highest BCUT2D eigenvalue weighted by Gasteiger charge is 2.09. The van der Waals surface area contributed by atoms with Gasteiger partial charge >= 0.3 is 0 Å². The first-order chi connectivity index (χ1) is 52.8. The highest BCUT2D eigenvalue weighted by molar-refractivity contribution is 6.35. The molecule has 0 aliphatic carbocycles. The van der Waals surface area contributed by atoms with Crippen molar-refractivity contribution in [2.45, 2.75) is 96.9 Å². The molecule has 18 nitrogen and oxygen atoms in total. The fourth-order valence-electron chi connectivity index (χ4n) is 11.6. The summed E-state index contributed by atoms with van der Waals surface area (Å²) in [4.78, 5) is 74.5. The predicted molar refractivity (Wildman–Crippen MR) is 447 cm³/mol. The summed E-state index contributed by atoms with van der Waals surface area (Å²) < 4.78 is 13.1. The molecule has 18 rings (SSSR count). The second-order valence-corrected chi connectivity index (χ2v) is 27.2. The van der Waals surface area contributed by atoms with E-state index in [0.717, 1.165) is 161 Å². The number of benzene rings is 9. The quantitative estimate of drug-likeness (QED) is 0.128. The van der Waals surface area contributed by atoms with Gasteiger partial charge in [0.25, 0.3) is 0 Å². The van der Waals surface area contributed by atoms with Crippen molar-refractivity contribution in [3.05, 3.63) is 319 Å². The molecule has 0 bridgehead atoms. The van der Waals surface area contributed by atoms with Crippen molar-refractivity contribution < 1.29 is 4.39 Å². The molecular weight excluding hydrogens is 1480 g/mol. The van der Waals surface area contributed by atoms with E-state index in [4.69, 9.17) is 58.0 Å². The molecule has 9 aromatic heterocycles. The van der Waals surface area contributed by atoms with Crippen LogP contribution < -0.4 is 0 Å². The number of aryl methyl sites for hydroxylation is 14. The molecule has 0 saturated carbocycles. The third-order valence-electron chi connectivity index (χ3n) is 17.2. The van der Waals surface area contributed by atoms with Crippen LogP contribution in [0.4, 0.5) is 4.39 Å². The molecule has 0 N–H and O–H groups in total. The van der Waals surface area contributed by atoms with Gasteiger partial charge in [-0.1, -0.05) is 156 Å². The molecule has 18 aromatic rings. The zero-order valence-electron chi connectivity index (χ0n) is 62.9. The average Bonchev–Trinajstić information content (AvgIpc) is 0.817. The number of hydrogen-bond acceptors (Lipinski definition) is 18. The van der Waals surface area contributed by atoms with Crippen molar-refractivity contribution in [1.82, 2.24) is 89.7 Å². The molecule has 24 heteroatoms. The van der Waals surface area contributed by atoms with Crippen LogP contribution in [0.1, 0.15) is 79.6 Å². The first kappa shape index (κ1) is 80.9. The van der Waals surface area contributed by atoms with E-state index >= 15 is 0 Å². The van der Waals surface area contributed by atoms with E-state index in [1.54, 1.807) is 25.0 Å². The second-order valence-electron chi connectivity index (χ2n) is 25.2. The number of aromatic nitrogens is 18. The second kappa shape index (κ2) is 38.0. The summed E-state index contributed by atoms with van der Waals surface area (Å²) in [5, 5.41) is 12.1. The van der Waals surface area contributed by atoms with Crippen LogP contribution in [-0.4, -0.2) is 89.7 Å². The minimum atomic E-state index is -0.294. The molecule has 552 valence electrons. The van der Waals surface area contributed by atoms with E-state index in [1.165, 1.54) is 29.8 Å². The van der Waals surface area contributed by atoms with Crippen molar-refractivity contribution in [3.63, 3.8) is 0 Å². The molecule has 0 unspecified atom stereocenters. The van der Waals surface area contributed by atoms with Crippen LogP contribution in [0.25, 0.3) is 98.1 Å². The molecule has 0 spiro atoms. The highest BCUT2D eigenvalue weighted by atomic mass is 35.5. The maximum Gasteiger partial charge on any atom is 0.223 e. The Morgan fingerprint density at radius 3 is 1.15 bits per heavy atom. The Bertz CT molecular complexity index is 5710. The SMILES string of the molecule is Cc1ccc2c(C)ncnc2c1.Cc1nc(C)c2cccc(Cl)c2n1.Cc1nc(C)c2ccccc2n1.Cc1nc(Cl)nc2c(C)cccc12.Cc1nc(Cl)nc2ccccc12.Cc1ncnc2c(C)cccc12.Cc1ncnc2c(Cl)cccc12.Cc1ncnc2c(F)cccc12.Cc1ncnc2cc(Cl)ccc12. The van der Waals surface area contributed by atoms with Crippen LogP contribution in [-0.2, 0) is 0 Å². The molecule has 9 heterocycles. The first-order valence-corrected chi connectivity index (χ1v) is 36.5. The van der Waals surface area contributed by atoms with Gasteiger partial charge in [-0.3, -0.25) is 0 Å². The van der Waals surface area contributed by atoms with Crippen LogP contribution in [0.2, 0.25) is 25.6 Å². The van der Waals surface area contributed by atoms with Crippen molar-refractivity contribution in [2.75, 3.05) is 0 Å². The maximum atomic E-state index is 13.1. The van der Waals surface area contributed by atoms with Gasteiger partial charge in [0, 0.05) is 93.4 Å². The summed E-state index contributed by atoms with van der Waals surface area (Å²) in [6.07, 6.45) is 7.68. The summed E-state index contributed by atoms with van der Waals surface area (Å²) in [6, 6.07) is 56.2. The maximum absolute atomic E-state index is 13.1. The monoisotopic (exact) mass is 1550 g/mol. The molecule has 0 aliphatic rings. The molecule has 110 heavy (non-hydrogen) atoms. The third-order valence-corrected chi connectivity index (χ3v) is 18.4. The zero-order chi connectivity index (χ0) is 78.7. The van der Waals surface area contributed by atoms with E-state index in [0.29, 0.717) is 31.2 Å². The fourth-order valence-corrected chi connectivity index (χ4v) is 12.6. The molecule has 9 aromatic carbocycles. The van der Waals surface area contributed by atoms with Crippen LogP contribution in [0.5, 0.6) is 0 Å². The highest BCUT2D eigenvalue weighted by Crippen LogP contribution is 2.27. The number of nitrogens with zero attached hydrogens (tertiary/aromatic N) is 18. The normalized spacial score (nSPS) is 10.5. The van der Waals surface area contributed by atoms with Crippen LogP contribution in [0.15, 0.2) is 208 Å². The third kappa shape index (κ3) is 21.0. The largest absolute Gasteiger partial charge is 0.241 e. The Kier molecular flexibility index (Phi) is 28.0. The van der Waals surface area contributed by atoms with E-state index in [2.05, 4.69) is 134 Å². The molecule has 0 saturated heterocycles. The van der Waals surface area contributed by atoms with Gasteiger partial charge in [0.2, 0.25) is 10.6 Å². The van der Waals surface area contributed by atoms with Crippen LogP contribution >= 0.6 is 58.0 Å². The van der Waals surface area contributed by atoms with Crippen molar-refractivity contribution >= 4 is 156 Å². The summed E-state index contributed by atoms with van der Waals surface area (Å²) in [7, 11) is 0. The Labute approximate surface area is 661 Å². The van der Waals surface area contributed by atoms with Crippen molar-refractivity contribution in [3.8, 4) is 0 Å². The van der Waals surface area contributed by atoms with Gasteiger partial charge in [0.05, 0.1) is 65.6 Å². The van der Waals surface area contributed by atoms with Gasteiger partial charge < -0.3 is 0 Å². The molecule has 0 amide bonds. The average molecular weight is 1560 g/mol. The summed E-state index contributed by atoms with van der Waals surface area (Å²) in [5.41, 5.74) is 20.2. The van der Waals surface area contributed by atoms with Crippen molar-refractivity contribution in [2.24, 2.45) is 0 Å². The lowest BCUT2D eigenvalue weighted by Gasteiger charge is -2.03. The van der Waals surface area contributed by atoms with Gasteiger partial charge in [-0.2, -0.15) is 0 Å². The van der Waals surface area contributed by atoms with Gasteiger partial charge in [0.1, 0.15) is 54.6 Å². The van der Waals surface area contributed by atoms with Gasteiger partial charge in [-0.25, -0.2) is 94.1 Å². The lowest BCUT2D eigenvalue weighted by atomic mass is 10.1. The fraction of sp³-hybridized carbons (Fsp3) is 0.163. The molecule has 0 radical (unpaired) electrons. The molecule has 0 aliphatic heterocycles. The van der Waals surface area contributed by atoms with Gasteiger partial charge in [-0.15, -0.1) is 0 Å². The number of para-hydroxylation sites is 7. The van der Waals surface area contributed by atoms with Gasteiger partial charge in [0.15, 0.2) is 0 Å². The van der Waals surface area contributed by atoms with Crippen LogP contribution in [0.3, 0.4) is 0 Å². The number of rotatable bonds is 0. The minimum Gasteiger partial charge on any atom is -0.241 e. The summed E-state index contributed by atoms with van der Waals surface area (Å²) in [6.45, 7) is 27.5. The predicted octanol–water partition coefficient (Wildman–Crippen LogP) is 22.4. The number of fused-ring (bicyclic) bond motifs is 9. The Hall–Kier alpha value is -11.6. The Balaban J connectivity index is 0.000000132. The lowest BCUT2D eigenvalue weighted by Crippen LogP contribution is -1.93. The topological polar surface area (TPSA) is 232 Å². The molecule has 0 atom stereocenters. The minimum absolute atomic E-state index is 0.294. The Morgan fingerprint density at radius 2 is 0.600 bits per heavy atom. The number of hydrogen-bond donors (Lipinski definition) is 0. The Morgan fingerprint density at radius 1 is 0.236 bits per heavy atom. The van der Waals surface area contributed by atoms with E-state index < -0.39 is 0 Å². The van der Waals surface area contributed by atoms with Crippen molar-refractivity contribution in [1.29, 1.82) is 0 Å². The van der Waals surface area contributed by atoms with E-state index in [9.17, 15) is 4.39 Å². The number of halogens is 6. The first-order valence-electron chi connectivity index (χ1n) is 34.6. The smallest absolute Gasteiger partial charge is 0.223 e. The van der Waals surface area contributed by atoms with E-state index in [-0.39, 0.29) is 5.82 Å². The summed E-state index contributed by atoms with van der Waals surface area (Å²) in [5.74, 6) is 1.31. The van der Waals surface area contributed by atoms with E-state index in [1.807, 2.05) is 217 Å². The van der Waals surface area contributed by atoms with Crippen LogP contribution in [0, 0.1) is 103 Å².